The molecule has 1 aromatic rings. The van der Waals surface area contributed by atoms with Crippen molar-refractivity contribution in [2.24, 2.45) is 0 Å². The van der Waals surface area contributed by atoms with Crippen molar-refractivity contribution in [2.45, 2.75) is 6.92 Å². The minimum atomic E-state index is -0.209. The van der Waals surface area contributed by atoms with Gasteiger partial charge in [-0.2, -0.15) is 0 Å². The van der Waals surface area contributed by atoms with E-state index in [9.17, 15) is 9.59 Å². The molecule has 0 saturated carbocycles. The Labute approximate surface area is 106 Å². The second kappa shape index (κ2) is 6.21. The molecule has 0 spiro atoms. The standard InChI is InChI=1S/C13H14ClNO2/c1-3-15(2)13(17)9-8-12(16)10-4-6-11(14)7-5-10/h4-9H,3H2,1-2H3/b9-8+. The van der Waals surface area contributed by atoms with E-state index in [0.717, 1.165) is 0 Å². The third-order valence-electron chi connectivity index (χ3n) is 2.36. The monoisotopic (exact) mass is 251 g/mol. The molecule has 90 valence electrons. The van der Waals surface area contributed by atoms with Crippen LogP contribution in [0.4, 0.5) is 0 Å². The number of amides is 1. The van der Waals surface area contributed by atoms with Crippen LogP contribution in [0.3, 0.4) is 0 Å². The number of carbonyl (C=O) groups excluding carboxylic acids is 2. The zero-order valence-corrected chi connectivity index (χ0v) is 10.6. The fourth-order valence-electron chi connectivity index (χ4n) is 1.14. The lowest BCUT2D eigenvalue weighted by molar-refractivity contribution is -0.124. The number of hydrogen-bond acceptors (Lipinski definition) is 2. The first kappa shape index (κ1) is 13.5. The van der Waals surface area contributed by atoms with Gasteiger partial charge in [-0.05, 0) is 37.3 Å². The lowest BCUT2D eigenvalue weighted by Crippen LogP contribution is -2.24. The molecule has 0 fully saturated rings. The molecule has 0 saturated heterocycles. The Hall–Kier alpha value is -1.61. The van der Waals surface area contributed by atoms with Gasteiger partial charge in [0.15, 0.2) is 5.78 Å². The molecule has 0 bridgehead atoms. The smallest absolute Gasteiger partial charge is 0.246 e. The van der Waals surface area contributed by atoms with Gasteiger partial charge in [0.1, 0.15) is 0 Å². The van der Waals surface area contributed by atoms with Gasteiger partial charge in [-0.1, -0.05) is 11.6 Å². The molecule has 17 heavy (non-hydrogen) atoms. The quantitative estimate of drug-likeness (QED) is 0.609. The molecule has 0 aliphatic carbocycles. The summed E-state index contributed by atoms with van der Waals surface area (Å²) in [6.07, 6.45) is 2.55. The normalized spacial score (nSPS) is 10.5. The predicted molar refractivity (Wildman–Crippen MR) is 68.2 cm³/mol. The van der Waals surface area contributed by atoms with Crippen LogP contribution in [0.25, 0.3) is 0 Å². The zero-order valence-electron chi connectivity index (χ0n) is 9.81. The second-order valence-corrected chi connectivity index (χ2v) is 3.99. The number of allylic oxidation sites excluding steroid dienone is 1. The zero-order chi connectivity index (χ0) is 12.8. The van der Waals surface area contributed by atoms with E-state index in [4.69, 9.17) is 11.6 Å². The Morgan fingerprint density at radius 2 is 1.82 bits per heavy atom. The van der Waals surface area contributed by atoms with E-state index >= 15 is 0 Å². The summed E-state index contributed by atoms with van der Waals surface area (Å²) < 4.78 is 0. The van der Waals surface area contributed by atoms with E-state index in [2.05, 4.69) is 0 Å². The molecule has 0 aliphatic rings. The Morgan fingerprint density at radius 1 is 1.24 bits per heavy atom. The second-order valence-electron chi connectivity index (χ2n) is 3.56. The van der Waals surface area contributed by atoms with E-state index in [-0.39, 0.29) is 11.7 Å². The maximum Gasteiger partial charge on any atom is 0.246 e. The minimum absolute atomic E-state index is 0.185. The maximum atomic E-state index is 11.7. The van der Waals surface area contributed by atoms with Crippen molar-refractivity contribution < 1.29 is 9.59 Å². The topological polar surface area (TPSA) is 37.4 Å². The first-order valence-electron chi connectivity index (χ1n) is 5.27. The SMILES string of the molecule is CCN(C)C(=O)/C=C/C(=O)c1ccc(Cl)cc1. The summed E-state index contributed by atoms with van der Waals surface area (Å²) in [5.74, 6) is -0.394. The van der Waals surface area contributed by atoms with Crippen LogP contribution in [0.2, 0.25) is 5.02 Å². The van der Waals surface area contributed by atoms with Crippen LogP contribution < -0.4 is 0 Å². The van der Waals surface area contributed by atoms with Crippen LogP contribution >= 0.6 is 11.6 Å². The molecule has 3 nitrogen and oxygen atoms in total. The average Bonchev–Trinajstić information content (AvgIpc) is 2.35. The van der Waals surface area contributed by atoms with Crippen molar-refractivity contribution in [2.75, 3.05) is 13.6 Å². The summed E-state index contributed by atoms with van der Waals surface area (Å²) in [6.45, 7) is 2.48. The van der Waals surface area contributed by atoms with Crippen LogP contribution in [0.5, 0.6) is 0 Å². The average molecular weight is 252 g/mol. The molecular formula is C13H14ClNO2. The maximum absolute atomic E-state index is 11.7. The summed E-state index contributed by atoms with van der Waals surface area (Å²) >= 11 is 5.71. The van der Waals surface area contributed by atoms with Gasteiger partial charge in [0.25, 0.3) is 0 Å². The molecule has 0 atom stereocenters. The molecule has 0 heterocycles. The third kappa shape index (κ3) is 4.04. The van der Waals surface area contributed by atoms with Crippen LogP contribution in [0.1, 0.15) is 17.3 Å². The number of likely N-dealkylation sites (N-methyl/N-ethyl adjacent to an activating group) is 1. The summed E-state index contributed by atoms with van der Waals surface area (Å²) in [5, 5.41) is 0.576. The van der Waals surface area contributed by atoms with Gasteiger partial charge in [0.05, 0.1) is 0 Å². The molecule has 0 N–H and O–H groups in total. The molecular weight excluding hydrogens is 238 g/mol. The van der Waals surface area contributed by atoms with E-state index in [0.29, 0.717) is 17.1 Å². The first-order valence-corrected chi connectivity index (χ1v) is 5.65. The van der Waals surface area contributed by atoms with E-state index in [1.807, 2.05) is 6.92 Å². The first-order chi connectivity index (χ1) is 8.04. The molecule has 1 rings (SSSR count). The molecule has 0 radical (unpaired) electrons. The molecule has 0 unspecified atom stereocenters. The van der Waals surface area contributed by atoms with Crippen molar-refractivity contribution in [1.29, 1.82) is 0 Å². The number of hydrogen-bond donors (Lipinski definition) is 0. The summed E-state index contributed by atoms with van der Waals surface area (Å²) in [4.78, 5) is 24.6. The molecule has 1 amide bonds. The predicted octanol–water partition coefficient (Wildman–Crippen LogP) is 2.56. The van der Waals surface area contributed by atoms with Gasteiger partial charge < -0.3 is 4.90 Å². The molecule has 0 aliphatic heterocycles. The number of carbonyl (C=O) groups is 2. The molecule has 1 aromatic carbocycles. The van der Waals surface area contributed by atoms with Crippen LogP contribution in [-0.4, -0.2) is 30.2 Å². The number of rotatable bonds is 4. The van der Waals surface area contributed by atoms with Crippen molar-refractivity contribution in [3.05, 3.63) is 47.0 Å². The number of benzene rings is 1. The fourth-order valence-corrected chi connectivity index (χ4v) is 1.27. The van der Waals surface area contributed by atoms with Crippen molar-refractivity contribution in [1.82, 2.24) is 4.90 Å². The third-order valence-corrected chi connectivity index (χ3v) is 2.61. The number of halogens is 1. The molecule has 0 aromatic heterocycles. The highest BCUT2D eigenvalue weighted by Crippen LogP contribution is 2.10. The van der Waals surface area contributed by atoms with E-state index in [1.165, 1.54) is 17.1 Å². The Morgan fingerprint density at radius 3 is 2.35 bits per heavy atom. The van der Waals surface area contributed by atoms with Gasteiger partial charge >= 0.3 is 0 Å². The fraction of sp³-hybridized carbons (Fsp3) is 0.231. The van der Waals surface area contributed by atoms with Crippen LogP contribution in [0, 0.1) is 0 Å². The van der Waals surface area contributed by atoms with Gasteiger partial charge in [0, 0.05) is 30.3 Å². The Bertz CT molecular complexity index is 437. The van der Waals surface area contributed by atoms with E-state index < -0.39 is 0 Å². The van der Waals surface area contributed by atoms with Crippen molar-refractivity contribution in [3.63, 3.8) is 0 Å². The van der Waals surface area contributed by atoms with Gasteiger partial charge in [-0.25, -0.2) is 0 Å². The number of ketones is 1. The van der Waals surface area contributed by atoms with Gasteiger partial charge in [0.2, 0.25) is 5.91 Å². The summed E-state index contributed by atoms with van der Waals surface area (Å²) in [5.41, 5.74) is 0.512. The highest BCUT2D eigenvalue weighted by molar-refractivity contribution is 6.30. The summed E-state index contributed by atoms with van der Waals surface area (Å²) in [7, 11) is 1.68. The highest BCUT2D eigenvalue weighted by Gasteiger charge is 2.04. The largest absolute Gasteiger partial charge is 0.343 e. The van der Waals surface area contributed by atoms with E-state index in [1.54, 1.807) is 31.3 Å². The Kier molecular flexibility index (Phi) is 4.91. The lowest BCUT2D eigenvalue weighted by atomic mass is 10.1. The number of nitrogens with zero attached hydrogens (tertiary/aromatic N) is 1. The van der Waals surface area contributed by atoms with Crippen molar-refractivity contribution in [3.8, 4) is 0 Å². The van der Waals surface area contributed by atoms with Crippen LogP contribution in [-0.2, 0) is 4.79 Å². The Balaban J connectivity index is 2.69. The minimum Gasteiger partial charge on any atom is -0.343 e. The summed E-state index contributed by atoms with van der Waals surface area (Å²) in [6, 6.07) is 6.54. The van der Waals surface area contributed by atoms with Gasteiger partial charge in [-0.3, -0.25) is 9.59 Å². The lowest BCUT2D eigenvalue weighted by Gasteiger charge is -2.10. The highest BCUT2D eigenvalue weighted by atomic mass is 35.5. The van der Waals surface area contributed by atoms with Crippen molar-refractivity contribution >= 4 is 23.3 Å². The van der Waals surface area contributed by atoms with Crippen LogP contribution in [0.15, 0.2) is 36.4 Å². The molecule has 4 heteroatoms. The van der Waals surface area contributed by atoms with Gasteiger partial charge in [-0.15, -0.1) is 0 Å².